The summed E-state index contributed by atoms with van der Waals surface area (Å²) in [5, 5.41) is 14.0. The number of hydrogen-bond acceptors (Lipinski definition) is 5. The van der Waals surface area contributed by atoms with Gasteiger partial charge < -0.3 is 19.8 Å². The standard InChI is InChI=1S/C46H95N2O6P/c1-6-8-10-12-14-16-18-20-21-22-23-24-25-26-27-28-29-31-33-35-37-39-45(49)44(43-54-55(51,52)53-42-41-48(3,4)5)47-46(50)40-38-36-34-32-30-19-17-15-13-11-9-7-2/h44-45,49H,6-43H2,1-5H3,(H-,47,50,51,52)/p+1. The molecule has 0 aromatic rings. The third-order valence-corrected chi connectivity index (χ3v) is 12.1. The summed E-state index contributed by atoms with van der Waals surface area (Å²) in [6.07, 6.45) is 42.7. The van der Waals surface area contributed by atoms with E-state index >= 15 is 0 Å². The summed E-state index contributed by atoms with van der Waals surface area (Å²) in [5.41, 5.74) is 0. The van der Waals surface area contributed by atoms with Crippen LogP contribution in [0.15, 0.2) is 0 Å². The number of carbonyl (C=O) groups excluding carboxylic acids is 1. The van der Waals surface area contributed by atoms with Crippen LogP contribution in [-0.2, 0) is 18.4 Å². The normalized spacial score (nSPS) is 14.2. The molecule has 0 aromatic heterocycles. The molecule has 1 amide bonds. The molecule has 3 unspecified atom stereocenters. The van der Waals surface area contributed by atoms with Crippen molar-refractivity contribution >= 4 is 13.7 Å². The molecule has 0 saturated carbocycles. The fraction of sp³-hybridized carbons (Fsp3) is 0.978. The largest absolute Gasteiger partial charge is 0.472 e. The van der Waals surface area contributed by atoms with Crippen molar-refractivity contribution in [2.45, 2.75) is 251 Å². The molecule has 0 fully saturated rings. The zero-order valence-electron chi connectivity index (χ0n) is 37.4. The van der Waals surface area contributed by atoms with E-state index in [9.17, 15) is 19.4 Å². The van der Waals surface area contributed by atoms with Crippen LogP contribution in [0.1, 0.15) is 239 Å². The number of rotatable bonds is 44. The van der Waals surface area contributed by atoms with Crippen LogP contribution in [0.3, 0.4) is 0 Å². The van der Waals surface area contributed by atoms with Gasteiger partial charge in [-0.15, -0.1) is 0 Å². The van der Waals surface area contributed by atoms with Gasteiger partial charge >= 0.3 is 7.82 Å². The number of likely N-dealkylation sites (N-methyl/N-ethyl adjacent to an activating group) is 1. The van der Waals surface area contributed by atoms with E-state index in [-0.39, 0.29) is 19.1 Å². The van der Waals surface area contributed by atoms with Gasteiger partial charge in [-0.25, -0.2) is 4.57 Å². The lowest BCUT2D eigenvalue weighted by Gasteiger charge is -2.26. The Hall–Kier alpha value is -0.500. The summed E-state index contributed by atoms with van der Waals surface area (Å²) in [6.45, 7) is 4.91. The number of carbonyl (C=O) groups is 1. The summed E-state index contributed by atoms with van der Waals surface area (Å²) in [5.74, 6) is -0.141. The number of nitrogens with one attached hydrogen (secondary N) is 1. The highest BCUT2D eigenvalue weighted by atomic mass is 31.2. The first kappa shape index (κ1) is 54.5. The number of phosphoric ester groups is 1. The Balaban J connectivity index is 4.22. The molecule has 55 heavy (non-hydrogen) atoms. The molecule has 3 N–H and O–H groups in total. The van der Waals surface area contributed by atoms with Crippen LogP contribution in [0.2, 0.25) is 0 Å². The number of hydrogen-bond donors (Lipinski definition) is 3. The van der Waals surface area contributed by atoms with Crippen molar-refractivity contribution in [1.82, 2.24) is 5.32 Å². The number of unbranched alkanes of at least 4 members (excludes halogenated alkanes) is 31. The number of aliphatic hydroxyl groups excluding tert-OH is 1. The van der Waals surface area contributed by atoms with E-state index in [1.165, 1.54) is 173 Å². The second-order valence-corrected chi connectivity index (χ2v) is 19.3. The molecule has 0 radical (unpaired) electrons. The summed E-state index contributed by atoms with van der Waals surface area (Å²) in [6, 6.07) is -0.752. The first-order valence-electron chi connectivity index (χ1n) is 23.9. The number of nitrogens with zero attached hydrogens (tertiary/aromatic N) is 1. The zero-order chi connectivity index (χ0) is 40.7. The van der Waals surface area contributed by atoms with Gasteiger partial charge in [-0.1, -0.05) is 219 Å². The van der Waals surface area contributed by atoms with Crippen molar-refractivity contribution < 1.29 is 32.9 Å². The number of amides is 1. The molecule has 330 valence electrons. The molecule has 0 aliphatic carbocycles. The Bertz CT molecular complexity index is 870. The smallest absolute Gasteiger partial charge is 0.391 e. The van der Waals surface area contributed by atoms with Crippen molar-refractivity contribution in [1.29, 1.82) is 0 Å². The topological polar surface area (TPSA) is 105 Å². The Kier molecular flexibility index (Phi) is 38.6. The van der Waals surface area contributed by atoms with Crippen molar-refractivity contribution in [3.05, 3.63) is 0 Å². The Morgan fingerprint density at radius 1 is 0.545 bits per heavy atom. The van der Waals surface area contributed by atoms with E-state index in [0.29, 0.717) is 23.9 Å². The Morgan fingerprint density at radius 2 is 0.873 bits per heavy atom. The maximum absolute atomic E-state index is 12.9. The average Bonchev–Trinajstić information content (AvgIpc) is 3.13. The highest BCUT2D eigenvalue weighted by Gasteiger charge is 2.28. The zero-order valence-corrected chi connectivity index (χ0v) is 38.3. The minimum Gasteiger partial charge on any atom is -0.391 e. The van der Waals surface area contributed by atoms with Gasteiger partial charge in [0.05, 0.1) is 39.9 Å². The average molecular weight is 804 g/mol. The van der Waals surface area contributed by atoms with Gasteiger partial charge in [0.15, 0.2) is 0 Å². The number of aliphatic hydroxyl groups is 1. The van der Waals surface area contributed by atoms with Gasteiger partial charge in [0.25, 0.3) is 0 Å². The molecule has 3 atom stereocenters. The molecule has 0 rings (SSSR count). The third kappa shape index (κ3) is 41.5. The number of phosphoric acid groups is 1. The highest BCUT2D eigenvalue weighted by molar-refractivity contribution is 7.47. The van der Waals surface area contributed by atoms with E-state index in [1.807, 2.05) is 21.1 Å². The second-order valence-electron chi connectivity index (χ2n) is 17.9. The van der Waals surface area contributed by atoms with Crippen LogP contribution in [0.25, 0.3) is 0 Å². The van der Waals surface area contributed by atoms with Crippen LogP contribution < -0.4 is 5.32 Å². The molecule has 0 aliphatic heterocycles. The SMILES string of the molecule is CCCCCCCCCCCCCCCCCCCCCCCC(O)C(COP(=O)(O)OCC[N+](C)(C)C)NC(=O)CCCCCCCCCCCCCC. The summed E-state index contributed by atoms with van der Waals surface area (Å²) < 4.78 is 23.6. The molecule has 0 bridgehead atoms. The van der Waals surface area contributed by atoms with Crippen molar-refractivity contribution in [3.8, 4) is 0 Å². The molecule has 0 saturated heterocycles. The highest BCUT2D eigenvalue weighted by Crippen LogP contribution is 2.43. The van der Waals surface area contributed by atoms with Crippen LogP contribution >= 0.6 is 7.82 Å². The van der Waals surface area contributed by atoms with Crippen LogP contribution in [0.4, 0.5) is 0 Å². The first-order chi connectivity index (χ1) is 26.5. The lowest BCUT2D eigenvalue weighted by molar-refractivity contribution is -0.870. The van der Waals surface area contributed by atoms with Crippen molar-refractivity contribution in [2.24, 2.45) is 0 Å². The van der Waals surface area contributed by atoms with E-state index in [1.54, 1.807) is 0 Å². The fourth-order valence-corrected chi connectivity index (χ4v) is 8.02. The molecule has 9 heteroatoms. The van der Waals surface area contributed by atoms with Crippen molar-refractivity contribution in [3.63, 3.8) is 0 Å². The third-order valence-electron chi connectivity index (χ3n) is 11.1. The molecule has 0 spiro atoms. The van der Waals surface area contributed by atoms with Gasteiger partial charge in [-0.2, -0.15) is 0 Å². The Labute approximate surface area is 342 Å². The maximum Gasteiger partial charge on any atom is 0.472 e. The Morgan fingerprint density at radius 3 is 1.22 bits per heavy atom. The molecular formula is C46H96N2O6P+. The molecular weight excluding hydrogens is 707 g/mol. The van der Waals surface area contributed by atoms with Gasteiger partial charge in [0.1, 0.15) is 13.2 Å². The summed E-state index contributed by atoms with van der Waals surface area (Å²) in [7, 11) is 1.63. The molecule has 0 aliphatic rings. The minimum atomic E-state index is -4.31. The molecule has 0 aromatic carbocycles. The van der Waals surface area contributed by atoms with Crippen LogP contribution in [0, 0.1) is 0 Å². The van der Waals surface area contributed by atoms with Gasteiger partial charge in [-0.05, 0) is 12.8 Å². The number of quaternary nitrogens is 1. The van der Waals surface area contributed by atoms with E-state index in [2.05, 4.69) is 19.2 Å². The quantitative estimate of drug-likeness (QED) is 0.0322. The lowest BCUT2D eigenvalue weighted by Crippen LogP contribution is -2.46. The van der Waals surface area contributed by atoms with Gasteiger partial charge in [0.2, 0.25) is 5.91 Å². The minimum absolute atomic E-state index is 0.0786. The van der Waals surface area contributed by atoms with Crippen LogP contribution in [-0.4, -0.2) is 73.4 Å². The predicted molar refractivity (Wildman–Crippen MR) is 236 cm³/mol. The lowest BCUT2D eigenvalue weighted by atomic mass is 10.0. The predicted octanol–water partition coefficient (Wildman–Crippen LogP) is 13.4. The van der Waals surface area contributed by atoms with E-state index in [0.717, 1.165) is 38.5 Å². The summed E-state index contributed by atoms with van der Waals surface area (Å²) >= 11 is 0. The van der Waals surface area contributed by atoms with E-state index < -0.39 is 20.0 Å². The maximum atomic E-state index is 12.9. The fourth-order valence-electron chi connectivity index (χ4n) is 7.28. The van der Waals surface area contributed by atoms with E-state index in [4.69, 9.17) is 9.05 Å². The first-order valence-corrected chi connectivity index (χ1v) is 25.4. The molecule has 0 heterocycles. The van der Waals surface area contributed by atoms with Crippen molar-refractivity contribution in [2.75, 3.05) is 40.9 Å². The summed E-state index contributed by atoms with van der Waals surface area (Å²) in [4.78, 5) is 23.1. The second kappa shape index (κ2) is 39.0. The monoisotopic (exact) mass is 804 g/mol. The molecule has 8 nitrogen and oxygen atoms in total. The van der Waals surface area contributed by atoms with Gasteiger partial charge in [-0.3, -0.25) is 13.8 Å². The van der Waals surface area contributed by atoms with Gasteiger partial charge in [0, 0.05) is 6.42 Å². The van der Waals surface area contributed by atoms with Crippen LogP contribution in [0.5, 0.6) is 0 Å².